The van der Waals surface area contributed by atoms with Gasteiger partial charge in [0.15, 0.2) is 0 Å². The highest BCUT2D eigenvalue weighted by Gasteiger charge is 2.34. The predicted molar refractivity (Wildman–Crippen MR) is 94.6 cm³/mol. The first kappa shape index (κ1) is 16.9. The van der Waals surface area contributed by atoms with Gasteiger partial charge in [-0.1, -0.05) is 12.1 Å². The second-order valence-electron chi connectivity index (χ2n) is 6.61. The minimum Gasteiger partial charge on any atom is -0.496 e. The van der Waals surface area contributed by atoms with Crippen molar-refractivity contribution in [3.05, 3.63) is 35.3 Å². The maximum absolute atomic E-state index is 12.8. The summed E-state index contributed by atoms with van der Waals surface area (Å²) in [7, 11) is 1.63. The van der Waals surface area contributed by atoms with E-state index in [1.54, 1.807) is 7.11 Å². The molecule has 1 fully saturated rings. The van der Waals surface area contributed by atoms with Crippen LogP contribution in [-0.4, -0.2) is 47.7 Å². The minimum atomic E-state index is -0.338. The van der Waals surface area contributed by atoms with Crippen LogP contribution in [0.2, 0.25) is 0 Å². The molecule has 1 amide bonds. The number of methoxy groups -OCH3 is 1. The van der Waals surface area contributed by atoms with Gasteiger partial charge < -0.3 is 14.4 Å². The molecule has 0 bridgehead atoms. The molecule has 3 rings (SSSR count). The summed E-state index contributed by atoms with van der Waals surface area (Å²) in [4.78, 5) is 19.2. The van der Waals surface area contributed by atoms with E-state index in [1.807, 2.05) is 55.3 Å². The fraction of sp³-hybridized carbons (Fsp3) is 0.444. The van der Waals surface area contributed by atoms with E-state index in [0.717, 1.165) is 16.3 Å². The molecule has 2 aromatic rings. The molecular formula is C18H22N2O3S. The standard InChI is InChI=1S/C18H22N2O3S/c1-12-9-20(11-18(2,3)23-12)17(21)14-10-24-16(19-14)13-7-5-6-8-15(13)22-4/h5-8,10,12H,9,11H2,1-4H3/t12-/m1/s1. The maximum atomic E-state index is 12.8. The van der Waals surface area contributed by atoms with Crippen LogP contribution in [0.15, 0.2) is 29.6 Å². The van der Waals surface area contributed by atoms with Crippen LogP contribution >= 0.6 is 11.3 Å². The highest BCUT2D eigenvalue weighted by atomic mass is 32.1. The van der Waals surface area contributed by atoms with Gasteiger partial charge in [-0.05, 0) is 32.9 Å². The van der Waals surface area contributed by atoms with Crippen molar-refractivity contribution in [2.24, 2.45) is 0 Å². The van der Waals surface area contributed by atoms with E-state index in [-0.39, 0.29) is 17.6 Å². The van der Waals surface area contributed by atoms with Gasteiger partial charge in [-0.25, -0.2) is 4.98 Å². The highest BCUT2D eigenvalue weighted by molar-refractivity contribution is 7.13. The molecule has 0 spiro atoms. The molecule has 1 aromatic heterocycles. The Morgan fingerprint density at radius 1 is 1.42 bits per heavy atom. The van der Waals surface area contributed by atoms with E-state index in [4.69, 9.17) is 9.47 Å². The van der Waals surface area contributed by atoms with Gasteiger partial charge in [0.25, 0.3) is 5.91 Å². The van der Waals surface area contributed by atoms with Crippen molar-refractivity contribution in [2.75, 3.05) is 20.2 Å². The Morgan fingerprint density at radius 3 is 2.88 bits per heavy atom. The lowest BCUT2D eigenvalue weighted by atomic mass is 10.1. The zero-order chi connectivity index (χ0) is 17.3. The number of hydrogen-bond donors (Lipinski definition) is 0. The molecule has 128 valence electrons. The third-order valence-electron chi connectivity index (χ3n) is 3.92. The minimum absolute atomic E-state index is 0.0185. The summed E-state index contributed by atoms with van der Waals surface area (Å²) in [5, 5.41) is 2.61. The number of para-hydroxylation sites is 1. The van der Waals surface area contributed by atoms with Crippen LogP contribution in [-0.2, 0) is 4.74 Å². The lowest BCUT2D eigenvalue weighted by molar-refractivity contribution is -0.118. The van der Waals surface area contributed by atoms with Crippen LogP contribution in [0.4, 0.5) is 0 Å². The van der Waals surface area contributed by atoms with E-state index < -0.39 is 0 Å². The number of hydrogen-bond acceptors (Lipinski definition) is 5. The molecule has 1 aliphatic rings. The third-order valence-corrected chi connectivity index (χ3v) is 4.79. The Labute approximate surface area is 146 Å². The van der Waals surface area contributed by atoms with Crippen molar-refractivity contribution in [1.82, 2.24) is 9.88 Å². The van der Waals surface area contributed by atoms with Gasteiger partial charge >= 0.3 is 0 Å². The summed E-state index contributed by atoms with van der Waals surface area (Å²) in [6.07, 6.45) is 0.0185. The molecule has 1 saturated heterocycles. The quantitative estimate of drug-likeness (QED) is 0.854. The Kier molecular flexibility index (Phi) is 4.60. The summed E-state index contributed by atoms with van der Waals surface area (Å²) < 4.78 is 11.2. The number of aromatic nitrogens is 1. The van der Waals surface area contributed by atoms with Crippen molar-refractivity contribution < 1.29 is 14.3 Å². The number of benzene rings is 1. The van der Waals surface area contributed by atoms with Gasteiger partial charge in [0.2, 0.25) is 0 Å². The molecule has 6 heteroatoms. The molecule has 5 nitrogen and oxygen atoms in total. The van der Waals surface area contributed by atoms with Crippen LogP contribution < -0.4 is 4.74 Å². The summed E-state index contributed by atoms with van der Waals surface area (Å²) in [5.74, 6) is 0.711. The Balaban J connectivity index is 1.84. The van der Waals surface area contributed by atoms with Gasteiger partial charge in [0, 0.05) is 18.5 Å². The predicted octanol–water partition coefficient (Wildman–Crippen LogP) is 3.46. The lowest BCUT2D eigenvalue weighted by Gasteiger charge is -2.41. The van der Waals surface area contributed by atoms with E-state index in [0.29, 0.717) is 18.8 Å². The van der Waals surface area contributed by atoms with Crippen molar-refractivity contribution in [2.45, 2.75) is 32.5 Å². The molecule has 0 aliphatic carbocycles. The molecule has 2 heterocycles. The zero-order valence-electron chi connectivity index (χ0n) is 14.4. The molecule has 0 unspecified atom stereocenters. The van der Waals surface area contributed by atoms with Gasteiger partial charge in [0.05, 0.1) is 24.4 Å². The second-order valence-corrected chi connectivity index (χ2v) is 7.47. The molecule has 1 aromatic carbocycles. The summed E-state index contributed by atoms with van der Waals surface area (Å²) in [5.41, 5.74) is 1.04. The lowest BCUT2D eigenvalue weighted by Crippen LogP contribution is -2.53. The van der Waals surface area contributed by atoms with Crippen LogP contribution in [0.5, 0.6) is 5.75 Å². The van der Waals surface area contributed by atoms with E-state index >= 15 is 0 Å². The third kappa shape index (κ3) is 3.44. The van der Waals surface area contributed by atoms with Crippen LogP contribution in [0.25, 0.3) is 10.6 Å². The van der Waals surface area contributed by atoms with Gasteiger partial charge in [-0.3, -0.25) is 4.79 Å². The average Bonchev–Trinajstić information content (AvgIpc) is 3.02. The SMILES string of the molecule is COc1ccccc1-c1nc(C(=O)N2C[C@@H](C)OC(C)(C)C2)cs1. The molecule has 0 radical (unpaired) electrons. The Hall–Kier alpha value is -1.92. The summed E-state index contributed by atoms with van der Waals surface area (Å²) in [6, 6.07) is 7.70. The number of carbonyl (C=O) groups excluding carboxylic acids is 1. The first-order valence-corrected chi connectivity index (χ1v) is 8.83. The van der Waals surface area contributed by atoms with E-state index in [1.165, 1.54) is 11.3 Å². The highest BCUT2D eigenvalue weighted by Crippen LogP contribution is 2.32. The summed E-state index contributed by atoms with van der Waals surface area (Å²) >= 11 is 1.46. The normalized spacial score (nSPS) is 20.0. The van der Waals surface area contributed by atoms with E-state index in [9.17, 15) is 4.79 Å². The fourth-order valence-electron chi connectivity index (χ4n) is 3.09. The molecule has 1 atom stereocenters. The Bertz CT molecular complexity index is 741. The fourth-order valence-corrected chi connectivity index (χ4v) is 3.91. The number of nitrogens with zero attached hydrogens (tertiary/aromatic N) is 2. The van der Waals surface area contributed by atoms with Gasteiger partial charge in [-0.2, -0.15) is 0 Å². The van der Waals surface area contributed by atoms with Crippen molar-refractivity contribution in [3.8, 4) is 16.3 Å². The van der Waals surface area contributed by atoms with Gasteiger partial charge in [-0.15, -0.1) is 11.3 Å². The molecular weight excluding hydrogens is 324 g/mol. The summed E-state index contributed by atoms with van der Waals surface area (Å²) in [6.45, 7) is 7.15. The van der Waals surface area contributed by atoms with E-state index in [2.05, 4.69) is 4.98 Å². The number of carbonyl (C=O) groups is 1. The number of thiazole rings is 1. The first-order chi connectivity index (χ1) is 11.4. The number of ether oxygens (including phenoxy) is 2. The molecule has 0 N–H and O–H groups in total. The number of amides is 1. The number of morpholine rings is 1. The number of rotatable bonds is 3. The van der Waals surface area contributed by atoms with Crippen LogP contribution in [0.3, 0.4) is 0 Å². The van der Waals surface area contributed by atoms with Crippen molar-refractivity contribution >= 4 is 17.2 Å². The van der Waals surface area contributed by atoms with Gasteiger partial charge in [0.1, 0.15) is 16.5 Å². The monoisotopic (exact) mass is 346 g/mol. The average molecular weight is 346 g/mol. The zero-order valence-corrected chi connectivity index (χ0v) is 15.2. The topological polar surface area (TPSA) is 51.7 Å². The van der Waals surface area contributed by atoms with Crippen LogP contribution in [0, 0.1) is 0 Å². The smallest absolute Gasteiger partial charge is 0.273 e. The van der Waals surface area contributed by atoms with Crippen molar-refractivity contribution in [3.63, 3.8) is 0 Å². The Morgan fingerprint density at radius 2 is 2.17 bits per heavy atom. The molecule has 24 heavy (non-hydrogen) atoms. The van der Waals surface area contributed by atoms with Crippen LogP contribution in [0.1, 0.15) is 31.3 Å². The van der Waals surface area contributed by atoms with Crippen molar-refractivity contribution in [1.29, 1.82) is 0 Å². The molecule has 0 saturated carbocycles. The second kappa shape index (κ2) is 6.53. The first-order valence-electron chi connectivity index (χ1n) is 7.95. The largest absolute Gasteiger partial charge is 0.496 e. The maximum Gasteiger partial charge on any atom is 0.273 e. The molecule has 1 aliphatic heterocycles.